The minimum Gasteiger partial charge on any atom is -0.375 e. The van der Waals surface area contributed by atoms with Crippen LogP contribution in [-0.4, -0.2) is 61.8 Å². The number of rotatable bonds is 7. The van der Waals surface area contributed by atoms with Crippen LogP contribution in [0.1, 0.15) is 24.0 Å². The Morgan fingerprint density at radius 1 is 1.16 bits per heavy atom. The zero-order valence-corrected chi connectivity index (χ0v) is 18.2. The van der Waals surface area contributed by atoms with Gasteiger partial charge in [-0.25, -0.2) is 0 Å². The number of hydrogen-bond acceptors (Lipinski definition) is 4. The summed E-state index contributed by atoms with van der Waals surface area (Å²) in [5.74, 6) is -0.256. The number of ether oxygens (including phenoxy) is 2. The number of benzene rings is 2. The molecule has 2 aromatic rings. The molecule has 1 aliphatic carbocycles. The van der Waals surface area contributed by atoms with Crippen molar-refractivity contribution in [3.63, 3.8) is 0 Å². The first-order valence-electron chi connectivity index (χ1n) is 10.9. The van der Waals surface area contributed by atoms with Crippen LogP contribution in [0.2, 0.25) is 0 Å². The first-order chi connectivity index (χ1) is 15.0. The normalized spacial score (nSPS) is 21.0. The Morgan fingerprint density at radius 2 is 1.94 bits per heavy atom. The summed E-state index contributed by atoms with van der Waals surface area (Å²) in [7, 11) is 1.50. The topological polar surface area (TPSA) is 67.9 Å². The zero-order chi connectivity index (χ0) is 21.8. The van der Waals surface area contributed by atoms with Gasteiger partial charge in [-0.3, -0.25) is 9.59 Å². The summed E-state index contributed by atoms with van der Waals surface area (Å²) < 4.78 is 11.2. The number of amides is 2. The van der Waals surface area contributed by atoms with Crippen LogP contribution in [0.25, 0.3) is 11.1 Å². The van der Waals surface area contributed by atoms with Crippen molar-refractivity contribution in [3.8, 4) is 11.1 Å². The van der Waals surface area contributed by atoms with Crippen molar-refractivity contribution in [3.05, 3.63) is 59.7 Å². The molecular formula is C25H30N2O4. The van der Waals surface area contributed by atoms with E-state index in [0.717, 1.165) is 29.5 Å². The second-order valence-corrected chi connectivity index (χ2v) is 8.58. The molecule has 1 saturated carbocycles. The van der Waals surface area contributed by atoms with Crippen LogP contribution in [0.15, 0.2) is 48.5 Å². The van der Waals surface area contributed by atoms with Gasteiger partial charge in [-0.1, -0.05) is 54.1 Å². The van der Waals surface area contributed by atoms with Crippen LogP contribution >= 0.6 is 0 Å². The van der Waals surface area contributed by atoms with Crippen LogP contribution in [0.4, 0.5) is 0 Å². The fraction of sp³-hybridized carbons (Fsp3) is 0.440. The summed E-state index contributed by atoms with van der Waals surface area (Å²) in [4.78, 5) is 27.4. The predicted octanol–water partition coefficient (Wildman–Crippen LogP) is 2.73. The van der Waals surface area contributed by atoms with Crippen LogP contribution in [0.3, 0.4) is 0 Å². The second kappa shape index (κ2) is 9.20. The first kappa shape index (κ1) is 21.5. The third-order valence-electron chi connectivity index (χ3n) is 5.93. The Labute approximate surface area is 183 Å². The summed E-state index contributed by atoms with van der Waals surface area (Å²) in [5, 5.41) is 3.10. The zero-order valence-electron chi connectivity index (χ0n) is 18.2. The molecule has 1 aliphatic heterocycles. The Bertz CT molecular complexity index is 939. The van der Waals surface area contributed by atoms with Crippen molar-refractivity contribution in [2.75, 3.05) is 33.4 Å². The summed E-state index contributed by atoms with van der Waals surface area (Å²) >= 11 is 0. The van der Waals surface area contributed by atoms with Gasteiger partial charge in [0.25, 0.3) is 5.91 Å². The SMILES string of the molecule is COCC(=O)N1CCO[C@](Cc2cccc(-c3ccc(C)cc3)c2)(C(=O)NC2CC2)C1. The Kier molecular flexibility index (Phi) is 6.39. The van der Waals surface area contributed by atoms with Crippen molar-refractivity contribution in [1.29, 1.82) is 0 Å². The number of carbonyl (C=O) groups excluding carboxylic acids is 2. The minimum atomic E-state index is -1.10. The molecule has 0 radical (unpaired) electrons. The quantitative estimate of drug-likeness (QED) is 0.745. The van der Waals surface area contributed by atoms with Gasteiger partial charge in [0.1, 0.15) is 6.61 Å². The molecule has 0 bridgehead atoms. The predicted molar refractivity (Wildman–Crippen MR) is 119 cm³/mol. The van der Waals surface area contributed by atoms with E-state index in [9.17, 15) is 9.59 Å². The van der Waals surface area contributed by atoms with Crippen molar-refractivity contribution in [2.45, 2.75) is 37.8 Å². The molecule has 0 spiro atoms. The van der Waals surface area contributed by atoms with Gasteiger partial charge in [-0.2, -0.15) is 0 Å². The van der Waals surface area contributed by atoms with E-state index in [1.807, 2.05) is 12.1 Å². The first-order valence-corrected chi connectivity index (χ1v) is 10.9. The van der Waals surface area contributed by atoms with Gasteiger partial charge in [0.15, 0.2) is 5.60 Å². The van der Waals surface area contributed by atoms with Crippen molar-refractivity contribution < 1.29 is 19.1 Å². The maximum absolute atomic E-state index is 13.3. The number of carbonyl (C=O) groups is 2. The van der Waals surface area contributed by atoms with E-state index in [2.05, 4.69) is 48.6 Å². The van der Waals surface area contributed by atoms with Gasteiger partial charge in [0.05, 0.1) is 13.2 Å². The van der Waals surface area contributed by atoms with Gasteiger partial charge >= 0.3 is 0 Å². The van der Waals surface area contributed by atoms with E-state index in [1.54, 1.807) is 4.90 Å². The Balaban J connectivity index is 1.60. The molecular weight excluding hydrogens is 392 g/mol. The molecule has 2 aromatic carbocycles. The lowest BCUT2D eigenvalue weighted by atomic mass is 9.89. The third kappa shape index (κ3) is 5.14. The van der Waals surface area contributed by atoms with E-state index >= 15 is 0 Å². The largest absolute Gasteiger partial charge is 0.375 e. The molecule has 2 fully saturated rings. The smallest absolute Gasteiger partial charge is 0.254 e. The van der Waals surface area contributed by atoms with E-state index < -0.39 is 5.60 Å². The number of morpholine rings is 1. The van der Waals surface area contributed by atoms with Gasteiger partial charge in [0.2, 0.25) is 5.91 Å². The van der Waals surface area contributed by atoms with Gasteiger partial charge in [0, 0.05) is 26.1 Å². The number of aryl methyl sites for hydroxylation is 1. The summed E-state index contributed by atoms with van der Waals surface area (Å²) in [6, 6.07) is 16.8. The monoisotopic (exact) mass is 422 g/mol. The highest BCUT2D eigenvalue weighted by molar-refractivity contribution is 5.88. The number of hydrogen-bond donors (Lipinski definition) is 1. The molecule has 2 aliphatic rings. The van der Waals surface area contributed by atoms with E-state index in [-0.39, 0.29) is 31.0 Å². The molecule has 4 rings (SSSR count). The Hall–Kier alpha value is -2.70. The highest BCUT2D eigenvalue weighted by Gasteiger charge is 2.46. The minimum absolute atomic E-state index is 0.00321. The lowest BCUT2D eigenvalue weighted by Crippen LogP contribution is -2.62. The van der Waals surface area contributed by atoms with Gasteiger partial charge < -0.3 is 19.7 Å². The fourth-order valence-corrected chi connectivity index (χ4v) is 4.02. The van der Waals surface area contributed by atoms with E-state index in [4.69, 9.17) is 9.47 Å². The molecule has 2 amide bonds. The molecule has 6 nitrogen and oxygen atoms in total. The van der Waals surface area contributed by atoms with Crippen LogP contribution < -0.4 is 5.32 Å². The van der Waals surface area contributed by atoms with Crippen LogP contribution in [0, 0.1) is 6.92 Å². The maximum Gasteiger partial charge on any atom is 0.254 e. The average molecular weight is 423 g/mol. The molecule has 6 heteroatoms. The van der Waals surface area contributed by atoms with Crippen molar-refractivity contribution >= 4 is 11.8 Å². The maximum atomic E-state index is 13.3. The molecule has 31 heavy (non-hydrogen) atoms. The van der Waals surface area contributed by atoms with Gasteiger partial charge in [-0.05, 0) is 36.5 Å². The lowest BCUT2D eigenvalue weighted by Gasteiger charge is -2.41. The van der Waals surface area contributed by atoms with Crippen LogP contribution in [0.5, 0.6) is 0 Å². The Morgan fingerprint density at radius 3 is 2.65 bits per heavy atom. The standard InChI is InChI=1S/C25H30N2O4/c1-18-6-8-20(9-7-18)21-5-3-4-19(14-21)15-25(24(29)26-22-10-11-22)17-27(12-13-31-25)23(28)16-30-2/h3-9,14,22H,10-13,15-17H2,1-2H3,(H,26,29)/t25-/m0/s1. The highest BCUT2D eigenvalue weighted by atomic mass is 16.5. The molecule has 164 valence electrons. The third-order valence-corrected chi connectivity index (χ3v) is 5.93. The fourth-order valence-electron chi connectivity index (χ4n) is 4.02. The summed E-state index contributed by atoms with van der Waals surface area (Å²) in [6.07, 6.45) is 2.40. The average Bonchev–Trinajstić information content (AvgIpc) is 3.59. The molecule has 0 unspecified atom stereocenters. The summed E-state index contributed by atoms with van der Waals surface area (Å²) in [6.45, 7) is 3.08. The highest BCUT2D eigenvalue weighted by Crippen LogP contribution is 2.29. The summed E-state index contributed by atoms with van der Waals surface area (Å²) in [5.41, 5.74) is 3.34. The second-order valence-electron chi connectivity index (χ2n) is 8.58. The van der Waals surface area contributed by atoms with Crippen molar-refractivity contribution in [2.24, 2.45) is 0 Å². The lowest BCUT2D eigenvalue weighted by molar-refractivity contribution is -0.167. The molecule has 1 saturated heterocycles. The number of nitrogens with zero attached hydrogens (tertiary/aromatic N) is 1. The van der Waals surface area contributed by atoms with E-state index in [0.29, 0.717) is 19.6 Å². The van der Waals surface area contributed by atoms with Crippen molar-refractivity contribution in [1.82, 2.24) is 10.2 Å². The van der Waals surface area contributed by atoms with Crippen LogP contribution in [-0.2, 0) is 25.5 Å². The van der Waals surface area contributed by atoms with E-state index in [1.165, 1.54) is 12.7 Å². The molecule has 1 atom stereocenters. The molecule has 1 N–H and O–H groups in total. The number of nitrogens with one attached hydrogen (secondary N) is 1. The van der Waals surface area contributed by atoms with Gasteiger partial charge in [-0.15, -0.1) is 0 Å². The molecule has 1 heterocycles. The number of methoxy groups -OCH3 is 1. The molecule has 0 aromatic heterocycles.